The summed E-state index contributed by atoms with van der Waals surface area (Å²) in [6.45, 7) is 0. The smallest absolute Gasteiger partial charge is 0.267 e. The predicted molar refractivity (Wildman–Crippen MR) is 52.9 cm³/mol. The largest absolute Gasteiger partial charge is 0.416 e. The maximum Gasteiger partial charge on any atom is 0.416 e. The van der Waals surface area contributed by atoms with E-state index in [2.05, 4.69) is 4.99 Å². The topological polar surface area (TPSA) is 29.4 Å². The summed E-state index contributed by atoms with van der Waals surface area (Å²) in [5.41, 5.74) is 0.361. The van der Waals surface area contributed by atoms with Gasteiger partial charge < -0.3 is 0 Å². The van der Waals surface area contributed by atoms with E-state index in [1.54, 1.807) is 0 Å². The summed E-state index contributed by atoms with van der Waals surface area (Å²) in [7, 11) is 0. The molecule has 1 aliphatic rings. The Morgan fingerprint density at radius 2 is 1.69 bits per heavy atom. The normalized spacial score (nSPS) is 15.4. The van der Waals surface area contributed by atoms with Crippen LogP contribution < -0.4 is 0 Å². The number of allylic oxidation sites excluding steroid dienone is 1. The van der Waals surface area contributed by atoms with Crippen LogP contribution in [-0.4, -0.2) is 12.1 Å². The van der Waals surface area contributed by atoms with Gasteiger partial charge in [0, 0.05) is 17.9 Å². The Balaban J connectivity index is 2.31. The molecule has 0 radical (unpaired) electrons. The molecule has 0 saturated heterocycles. The molecule has 0 aliphatic carbocycles. The van der Waals surface area contributed by atoms with Gasteiger partial charge in [0.1, 0.15) is 0 Å². The first-order valence-corrected chi connectivity index (χ1v) is 4.44. The number of halogens is 3. The van der Waals surface area contributed by atoms with Crippen LogP contribution in [0.15, 0.2) is 35.3 Å². The van der Waals surface area contributed by atoms with Gasteiger partial charge in [-0.15, -0.1) is 0 Å². The van der Waals surface area contributed by atoms with Crippen LogP contribution in [0.1, 0.15) is 11.1 Å². The lowest BCUT2D eigenvalue weighted by atomic mass is 10.1. The Morgan fingerprint density at radius 3 is 2.12 bits per heavy atom. The van der Waals surface area contributed by atoms with Crippen molar-refractivity contribution in [3.8, 4) is 0 Å². The van der Waals surface area contributed by atoms with Gasteiger partial charge in [0.25, 0.3) is 5.91 Å². The quantitative estimate of drug-likeness (QED) is 0.722. The van der Waals surface area contributed by atoms with E-state index in [0.29, 0.717) is 11.1 Å². The van der Waals surface area contributed by atoms with Crippen LogP contribution in [0.4, 0.5) is 13.2 Å². The third kappa shape index (κ3) is 2.03. The first-order valence-electron chi connectivity index (χ1n) is 4.44. The zero-order chi connectivity index (χ0) is 11.8. The van der Waals surface area contributed by atoms with Crippen LogP contribution in [0.25, 0.3) is 5.57 Å². The van der Waals surface area contributed by atoms with Gasteiger partial charge in [-0.25, -0.2) is 4.99 Å². The van der Waals surface area contributed by atoms with Crippen molar-refractivity contribution >= 4 is 17.7 Å². The molecule has 1 heterocycles. The van der Waals surface area contributed by atoms with Crippen molar-refractivity contribution in [3.05, 3.63) is 41.5 Å². The third-order valence-electron chi connectivity index (χ3n) is 2.16. The Hall–Kier alpha value is -1.91. The highest BCUT2D eigenvalue weighted by Crippen LogP contribution is 2.30. The molecule has 1 aromatic rings. The zero-order valence-electron chi connectivity index (χ0n) is 7.95. The Bertz CT molecular complexity index is 483. The van der Waals surface area contributed by atoms with Gasteiger partial charge >= 0.3 is 6.18 Å². The molecule has 2 nitrogen and oxygen atoms in total. The van der Waals surface area contributed by atoms with Gasteiger partial charge in [0.2, 0.25) is 0 Å². The molecule has 0 spiro atoms. The summed E-state index contributed by atoms with van der Waals surface area (Å²) >= 11 is 0. The Morgan fingerprint density at radius 1 is 1.06 bits per heavy atom. The van der Waals surface area contributed by atoms with E-state index < -0.39 is 17.6 Å². The molecule has 0 atom stereocenters. The van der Waals surface area contributed by atoms with E-state index in [1.807, 2.05) is 0 Å². The fourth-order valence-corrected chi connectivity index (χ4v) is 1.35. The molecule has 0 aromatic heterocycles. The van der Waals surface area contributed by atoms with Crippen LogP contribution in [0.5, 0.6) is 0 Å². The lowest BCUT2D eigenvalue weighted by Gasteiger charge is -2.06. The minimum absolute atomic E-state index is 0.394. The van der Waals surface area contributed by atoms with Gasteiger partial charge in [-0.05, 0) is 17.7 Å². The number of alkyl halides is 3. The van der Waals surface area contributed by atoms with E-state index in [0.717, 1.165) is 12.1 Å². The average molecular weight is 225 g/mol. The maximum atomic E-state index is 12.3. The van der Waals surface area contributed by atoms with Gasteiger partial charge in [-0.2, -0.15) is 13.2 Å². The molecule has 0 bridgehead atoms. The fraction of sp³-hybridized carbons (Fsp3) is 0.0909. The van der Waals surface area contributed by atoms with Gasteiger partial charge in [-0.1, -0.05) is 12.1 Å². The first kappa shape index (κ1) is 10.6. The number of carbonyl (C=O) groups excluding carboxylic acids is 1. The van der Waals surface area contributed by atoms with Crippen LogP contribution in [0, 0.1) is 0 Å². The van der Waals surface area contributed by atoms with E-state index in [-0.39, 0.29) is 0 Å². The predicted octanol–water partition coefficient (Wildman–Crippen LogP) is 2.70. The van der Waals surface area contributed by atoms with Crippen molar-refractivity contribution in [1.82, 2.24) is 0 Å². The van der Waals surface area contributed by atoms with Gasteiger partial charge in [0.05, 0.1) is 5.56 Å². The molecule has 0 fully saturated rings. The molecule has 82 valence electrons. The molecule has 0 N–H and O–H groups in total. The van der Waals surface area contributed by atoms with Gasteiger partial charge in [-0.3, -0.25) is 4.79 Å². The Labute approximate surface area is 89.1 Å². The van der Waals surface area contributed by atoms with Crippen LogP contribution >= 0.6 is 0 Å². The van der Waals surface area contributed by atoms with Crippen LogP contribution in [0.3, 0.4) is 0 Å². The summed E-state index contributed by atoms with van der Waals surface area (Å²) in [5.74, 6) is -0.394. The number of hydrogen-bond acceptors (Lipinski definition) is 1. The lowest BCUT2D eigenvalue weighted by molar-refractivity contribution is -0.137. The van der Waals surface area contributed by atoms with E-state index in [9.17, 15) is 18.0 Å². The highest BCUT2D eigenvalue weighted by atomic mass is 19.4. The SMILES string of the molecule is O=C1C=C(c2ccc(C(F)(F)F)cc2)C=N1. The fourth-order valence-electron chi connectivity index (χ4n) is 1.35. The van der Waals surface area contributed by atoms with E-state index in [1.165, 1.54) is 24.4 Å². The summed E-state index contributed by atoms with van der Waals surface area (Å²) in [6, 6.07) is 4.60. The van der Waals surface area contributed by atoms with E-state index >= 15 is 0 Å². The van der Waals surface area contributed by atoms with Crippen molar-refractivity contribution in [3.63, 3.8) is 0 Å². The third-order valence-corrected chi connectivity index (χ3v) is 2.16. The number of carbonyl (C=O) groups is 1. The molecular formula is C11H6F3NO. The number of nitrogens with zero attached hydrogens (tertiary/aromatic N) is 1. The minimum atomic E-state index is -4.34. The molecule has 5 heteroatoms. The summed E-state index contributed by atoms with van der Waals surface area (Å²) < 4.78 is 36.8. The van der Waals surface area contributed by atoms with Crippen molar-refractivity contribution in [1.29, 1.82) is 0 Å². The molecule has 1 amide bonds. The zero-order valence-corrected chi connectivity index (χ0v) is 7.95. The number of benzene rings is 1. The lowest BCUT2D eigenvalue weighted by Crippen LogP contribution is -2.04. The molecule has 1 aromatic carbocycles. The number of amides is 1. The highest BCUT2D eigenvalue weighted by molar-refractivity contribution is 6.24. The molecule has 1 aliphatic heterocycles. The second kappa shape index (κ2) is 3.59. The van der Waals surface area contributed by atoms with Crippen molar-refractivity contribution in [2.24, 2.45) is 4.99 Å². The number of rotatable bonds is 1. The molecule has 0 unspecified atom stereocenters. The summed E-state index contributed by atoms with van der Waals surface area (Å²) in [4.78, 5) is 14.3. The van der Waals surface area contributed by atoms with Crippen LogP contribution in [0.2, 0.25) is 0 Å². The maximum absolute atomic E-state index is 12.3. The standard InChI is InChI=1S/C11H6F3NO/c12-11(13,14)9-3-1-7(2-4-9)8-5-10(16)15-6-8/h1-6H. The first-order chi connectivity index (χ1) is 7.47. The summed E-state index contributed by atoms with van der Waals surface area (Å²) in [5, 5.41) is 0. The molecule has 2 rings (SSSR count). The molecular weight excluding hydrogens is 219 g/mol. The second-order valence-corrected chi connectivity index (χ2v) is 3.27. The molecule has 16 heavy (non-hydrogen) atoms. The average Bonchev–Trinajstić information content (AvgIpc) is 2.64. The number of aliphatic imine (C=N–C) groups is 1. The minimum Gasteiger partial charge on any atom is -0.267 e. The van der Waals surface area contributed by atoms with Gasteiger partial charge in [0.15, 0.2) is 0 Å². The molecule has 0 saturated carbocycles. The Kier molecular flexibility index (Phi) is 2.38. The summed E-state index contributed by atoms with van der Waals surface area (Å²) in [6.07, 6.45) is -1.72. The second-order valence-electron chi connectivity index (χ2n) is 3.27. The monoisotopic (exact) mass is 225 g/mol. The number of hydrogen-bond donors (Lipinski definition) is 0. The highest BCUT2D eigenvalue weighted by Gasteiger charge is 2.30. The van der Waals surface area contributed by atoms with Crippen molar-refractivity contribution < 1.29 is 18.0 Å². The van der Waals surface area contributed by atoms with E-state index in [4.69, 9.17) is 0 Å². The van der Waals surface area contributed by atoms with Crippen molar-refractivity contribution in [2.75, 3.05) is 0 Å². The van der Waals surface area contributed by atoms with Crippen LogP contribution in [-0.2, 0) is 11.0 Å². The van der Waals surface area contributed by atoms with Crippen molar-refractivity contribution in [2.45, 2.75) is 6.18 Å².